The van der Waals surface area contributed by atoms with E-state index >= 15 is 0 Å². The molecule has 1 nitrogen and oxygen atoms in total. The van der Waals surface area contributed by atoms with Gasteiger partial charge in [0, 0.05) is 27.9 Å². The number of nitrogens with zero attached hydrogens (tertiary/aromatic N) is 1. The van der Waals surface area contributed by atoms with Crippen molar-refractivity contribution in [1.82, 2.24) is 4.98 Å². The Bertz CT molecular complexity index is 536. The van der Waals surface area contributed by atoms with Crippen molar-refractivity contribution in [2.45, 2.75) is 11.3 Å². The smallest absolute Gasteiger partial charge is 0.0713 e. The van der Waals surface area contributed by atoms with Crippen LogP contribution in [0, 0.1) is 0 Å². The molecule has 1 heterocycles. The highest BCUT2D eigenvalue weighted by Crippen LogP contribution is 2.30. The molecule has 0 aliphatic rings. The van der Waals surface area contributed by atoms with E-state index in [4.69, 9.17) is 11.6 Å². The molecule has 16 heavy (non-hydrogen) atoms. The van der Waals surface area contributed by atoms with Crippen molar-refractivity contribution < 1.29 is 0 Å². The highest BCUT2D eigenvalue weighted by molar-refractivity contribution is 7.98. The summed E-state index contributed by atoms with van der Waals surface area (Å²) in [6, 6.07) is 8.14. The third-order valence-corrected chi connectivity index (χ3v) is 3.41. The average molecular weight is 250 g/mol. The van der Waals surface area contributed by atoms with Crippen LogP contribution in [-0.2, 0) is 6.42 Å². The zero-order valence-electron chi connectivity index (χ0n) is 9.03. The van der Waals surface area contributed by atoms with E-state index in [0.29, 0.717) is 11.5 Å². The molecule has 1 aromatic heterocycles. The summed E-state index contributed by atoms with van der Waals surface area (Å²) in [6.07, 6.45) is 4.64. The second-order valence-corrected chi connectivity index (χ2v) is 4.88. The van der Waals surface area contributed by atoms with E-state index < -0.39 is 0 Å². The molecule has 0 atom stereocenters. The monoisotopic (exact) mass is 249 g/mol. The Hall–Kier alpha value is -0.990. The van der Waals surface area contributed by atoms with E-state index in [-0.39, 0.29) is 0 Å². The fourth-order valence-electron chi connectivity index (χ4n) is 1.73. The van der Waals surface area contributed by atoms with E-state index in [1.54, 1.807) is 11.8 Å². The van der Waals surface area contributed by atoms with E-state index in [9.17, 15) is 0 Å². The molecule has 1 aromatic carbocycles. The Kier molecular flexibility index (Phi) is 3.52. The SMILES string of the molecule is C=C(Cl)Cc1cnc2ccccc2c1SC. The second kappa shape index (κ2) is 4.89. The molecule has 0 radical (unpaired) electrons. The number of rotatable bonds is 3. The number of para-hydroxylation sites is 1. The van der Waals surface area contributed by atoms with Gasteiger partial charge in [-0.1, -0.05) is 36.4 Å². The average Bonchev–Trinajstić information content (AvgIpc) is 2.28. The molecule has 2 rings (SSSR count). The normalized spacial score (nSPS) is 10.6. The van der Waals surface area contributed by atoms with Crippen molar-refractivity contribution in [3.8, 4) is 0 Å². The molecule has 0 bridgehead atoms. The van der Waals surface area contributed by atoms with Gasteiger partial charge < -0.3 is 0 Å². The van der Waals surface area contributed by atoms with Crippen LogP contribution in [0.15, 0.2) is 47.0 Å². The summed E-state index contributed by atoms with van der Waals surface area (Å²) in [6.45, 7) is 3.73. The van der Waals surface area contributed by atoms with Crippen molar-refractivity contribution in [3.05, 3.63) is 47.6 Å². The quantitative estimate of drug-likeness (QED) is 0.755. The molecule has 3 heteroatoms. The number of aromatic nitrogens is 1. The zero-order chi connectivity index (χ0) is 11.5. The molecule has 0 saturated carbocycles. The molecule has 0 saturated heterocycles. The van der Waals surface area contributed by atoms with Crippen molar-refractivity contribution in [2.24, 2.45) is 0 Å². The standard InChI is InChI=1S/C13H12ClNS/c1-9(14)7-10-8-15-12-6-4-3-5-11(12)13(10)16-2/h3-6,8H,1,7H2,2H3. The summed E-state index contributed by atoms with van der Waals surface area (Å²) in [4.78, 5) is 5.67. The molecule has 0 aliphatic heterocycles. The molecule has 0 aliphatic carbocycles. The minimum atomic E-state index is 0.646. The first-order valence-electron chi connectivity index (χ1n) is 4.96. The van der Waals surface area contributed by atoms with Crippen molar-refractivity contribution >= 4 is 34.3 Å². The maximum absolute atomic E-state index is 5.86. The summed E-state index contributed by atoms with van der Waals surface area (Å²) in [5, 5.41) is 1.83. The summed E-state index contributed by atoms with van der Waals surface area (Å²) in [7, 11) is 0. The van der Waals surface area contributed by atoms with E-state index in [1.807, 2.05) is 24.4 Å². The van der Waals surface area contributed by atoms with Crippen molar-refractivity contribution in [1.29, 1.82) is 0 Å². The molecule has 82 valence electrons. The van der Waals surface area contributed by atoms with Crippen LogP contribution in [0.3, 0.4) is 0 Å². The minimum absolute atomic E-state index is 0.646. The number of halogens is 1. The van der Waals surface area contributed by atoms with Gasteiger partial charge in [0.15, 0.2) is 0 Å². The van der Waals surface area contributed by atoms with Gasteiger partial charge in [-0.05, 0) is 17.9 Å². The van der Waals surface area contributed by atoms with Gasteiger partial charge >= 0.3 is 0 Å². The largest absolute Gasteiger partial charge is 0.256 e. The number of thioether (sulfide) groups is 1. The maximum atomic E-state index is 5.86. The number of benzene rings is 1. The lowest BCUT2D eigenvalue weighted by Crippen LogP contribution is -1.92. The Balaban J connectivity index is 2.63. The van der Waals surface area contributed by atoms with Gasteiger partial charge in [-0.15, -0.1) is 11.8 Å². The van der Waals surface area contributed by atoms with Gasteiger partial charge in [-0.3, -0.25) is 4.98 Å². The summed E-state index contributed by atoms with van der Waals surface area (Å²) in [5.41, 5.74) is 2.17. The van der Waals surface area contributed by atoms with Crippen LogP contribution in [0.1, 0.15) is 5.56 Å². The fourth-order valence-corrected chi connectivity index (χ4v) is 2.65. The summed E-state index contributed by atoms with van der Waals surface area (Å²) < 4.78 is 0. The van der Waals surface area contributed by atoms with Gasteiger partial charge in [0.2, 0.25) is 0 Å². The number of hydrogen-bond donors (Lipinski definition) is 0. The first-order valence-corrected chi connectivity index (χ1v) is 6.56. The first-order chi connectivity index (χ1) is 7.72. The van der Waals surface area contributed by atoms with Crippen LogP contribution in [0.2, 0.25) is 0 Å². The second-order valence-electron chi connectivity index (χ2n) is 3.53. The van der Waals surface area contributed by atoms with Crippen LogP contribution in [0.25, 0.3) is 10.9 Å². The van der Waals surface area contributed by atoms with Gasteiger partial charge in [0.1, 0.15) is 0 Å². The molecule has 0 N–H and O–H groups in total. The van der Waals surface area contributed by atoms with Gasteiger partial charge in [-0.2, -0.15) is 0 Å². The lowest BCUT2D eigenvalue weighted by molar-refractivity contribution is 1.14. The molecule has 0 unspecified atom stereocenters. The van der Waals surface area contributed by atoms with Gasteiger partial charge in [0.25, 0.3) is 0 Å². The van der Waals surface area contributed by atoms with Crippen molar-refractivity contribution in [3.63, 3.8) is 0 Å². The topological polar surface area (TPSA) is 12.9 Å². The molecular formula is C13H12ClNS. The highest BCUT2D eigenvalue weighted by atomic mass is 35.5. The minimum Gasteiger partial charge on any atom is -0.256 e. The van der Waals surface area contributed by atoms with Crippen LogP contribution >= 0.6 is 23.4 Å². The molecule has 0 amide bonds. The predicted octanol–water partition coefficient (Wildman–Crippen LogP) is 4.25. The van der Waals surface area contributed by atoms with Gasteiger partial charge in [-0.25, -0.2) is 0 Å². The Morgan fingerprint density at radius 1 is 1.44 bits per heavy atom. The molecule has 0 spiro atoms. The zero-order valence-corrected chi connectivity index (χ0v) is 10.6. The molecule has 0 fully saturated rings. The maximum Gasteiger partial charge on any atom is 0.0713 e. The Morgan fingerprint density at radius 2 is 2.19 bits per heavy atom. The number of hydrogen-bond acceptors (Lipinski definition) is 2. The molecular weight excluding hydrogens is 238 g/mol. The van der Waals surface area contributed by atoms with E-state index in [1.165, 1.54) is 10.3 Å². The summed E-state index contributed by atoms with van der Waals surface area (Å²) in [5.74, 6) is 0. The summed E-state index contributed by atoms with van der Waals surface area (Å²) >= 11 is 7.59. The number of pyridine rings is 1. The van der Waals surface area contributed by atoms with E-state index in [2.05, 4.69) is 23.9 Å². The highest BCUT2D eigenvalue weighted by Gasteiger charge is 2.07. The van der Waals surface area contributed by atoms with Crippen LogP contribution in [-0.4, -0.2) is 11.2 Å². The number of fused-ring (bicyclic) bond motifs is 1. The van der Waals surface area contributed by atoms with E-state index in [0.717, 1.165) is 11.1 Å². The Labute approximate surface area is 105 Å². The van der Waals surface area contributed by atoms with Crippen molar-refractivity contribution in [2.75, 3.05) is 6.26 Å². The van der Waals surface area contributed by atoms with Crippen LogP contribution in [0.4, 0.5) is 0 Å². The Morgan fingerprint density at radius 3 is 2.88 bits per heavy atom. The van der Waals surface area contributed by atoms with Crippen LogP contribution in [0.5, 0.6) is 0 Å². The lowest BCUT2D eigenvalue weighted by Gasteiger charge is -2.09. The third-order valence-electron chi connectivity index (χ3n) is 2.39. The fraction of sp³-hybridized carbons (Fsp3) is 0.154. The number of allylic oxidation sites excluding steroid dienone is 1. The molecule has 2 aromatic rings. The first kappa shape index (κ1) is 11.5. The van der Waals surface area contributed by atoms with Gasteiger partial charge in [0.05, 0.1) is 5.52 Å². The third kappa shape index (κ3) is 2.23. The predicted molar refractivity (Wildman–Crippen MR) is 72.2 cm³/mol. The lowest BCUT2D eigenvalue weighted by atomic mass is 10.1. The van der Waals surface area contributed by atoms with Crippen LogP contribution < -0.4 is 0 Å².